The lowest BCUT2D eigenvalue weighted by atomic mass is 10.3. The van der Waals surface area contributed by atoms with E-state index in [1.54, 1.807) is 12.3 Å². The quantitative estimate of drug-likeness (QED) is 0.627. The van der Waals surface area contributed by atoms with Crippen LogP contribution in [0.5, 0.6) is 0 Å². The summed E-state index contributed by atoms with van der Waals surface area (Å²) in [5.74, 6) is 0.987. The first kappa shape index (κ1) is 15.2. The van der Waals surface area contributed by atoms with Gasteiger partial charge in [-0.05, 0) is 38.1 Å². The van der Waals surface area contributed by atoms with Crippen molar-refractivity contribution in [2.45, 2.75) is 26.2 Å². The van der Waals surface area contributed by atoms with Crippen molar-refractivity contribution in [3.63, 3.8) is 0 Å². The van der Waals surface area contributed by atoms with E-state index in [1.807, 2.05) is 13.0 Å². The first-order valence-corrected chi connectivity index (χ1v) is 7.99. The Morgan fingerprint density at radius 2 is 2.11 bits per heavy atom. The summed E-state index contributed by atoms with van der Waals surface area (Å²) in [5.41, 5.74) is 0. The molecule has 0 saturated heterocycles. The molecule has 0 amide bonds. The van der Waals surface area contributed by atoms with Crippen LogP contribution in [0.2, 0.25) is 0 Å². The van der Waals surface area contributed by atoms with E-state index in [0.717, 1.165) is 25.3 Å². The summed E-state index contributed by atoms with van der Waals surface area (Å²) in [7, 11) is -3.14. The fraction of sp³-hybridized carbons (Fsp3) is 0.667. The van der Waals surface area contributed by atoms with Gasteiger partial charge in [0.05, 0.1) is 12.0 Å². The molecular weight excluding hydrogens is 252 g/mol. The molecule has 0 aliphatic carbocycles. The fourth-order valence-electron chi connectivity index (χ4n) is 1.58. The Labute approximate surface area is 109 Å². The molecule has 104 valence electrons. The van der Waals surface area contributed by atoms with Crippen molar-refractivity contribution < 1.29 is 12.8 Å². The van der Waals surface area contributed by atoms with E-state index in [4.69, 9.17) is 4.42 Å². The zero-order chi connectivity index (χ0) is 13.3. The second-order valence-corrected chi connectivity index (χ2v) is 6.03. The summed E-state index contributed by atoms with van der Waals surface area (Å²) < 4.78 is 31.0. The van der Waals surface area contributed by atoms with Crippen LogP contribution in [0.25, 0.3) is 0 Å². The zero-order valence-electron chi connectivity index (χ0n) is 10.8. The predicted molar refractivity (Wildman–Crippen MR) is 72.0 cm³/mol. The zero-order valence-corrected chi connectivity index (χ0v) is 11.6. The number of unbranched alkanes of at least 4 members (excludes halogenated alkanes) is 1. The predicted octanol–water partition coefficient (Wildman–Crippen LogP) is 1.13. The van der Waals surface area contributed by atoms with Gasteiger partial charge in [-0.15, -0.1) is 0 Å². The molecule has 0 atom stereocenters. The lowest BCUT2D eigenvalue weighted by molar-refractivity contribution is 0.505. The molecule has 6 heteroatoms. The molecule has 0 saturated carbocycles. The number of furan rings is 1. The Bertz CT molecular complexity index is 401. The molecule has 18 heavy (non-hydrogen) atoms. The lowest BCUT2D eigenvalue weighted by Gasteiger charge is -2.06. The minimum Gasteiger partial charge on any atom is -0.469 e. The van der Waals surface area contributed by atoms with Crippen molar-refractivity contribution >= 4 is 10.0 Å². The highest BCUT2D eigenvalue weighted by molar-refractivity contribution is 7.89. The molecule has 1 rings (SSSR count). The average molecular weight is 274 g/mol. The van der Waals surface area contributed by atoms with Crippen molar-refractivity contribution in [3.05, 3.63) is 24.2 Å². The van der Waals surface area contributed by atoms with Crippen LogP contribution in [0, 0.1) is 0 Å². The lowest BCUT2D eigenvalue weighted by Crippen LogP contribution is -2.28. The van der Waals surface area contributed by atoms with E-state index in [1.165, 1.54) is 0 Å². The Balaban J connectivity index is 2.11. The molecule has 0 fully saturated rings. The topological polar surface area (TPSA) is 71.3 Å². The van der Waals surface area contributed by atoms with Crippen LogP contribution < -0.4 is 10.0 Å². The highest BCUT2D eigenvalue weighted by atomic mass is 32.2. The van der Waals surface area contributed by atoms with Gasteiger partial charge in [0.15, 0.2) is 0 Å². The van der Waals surface area contributed by atoms with Crippen LogP contribution in [-0.2, 0) is 16.4 Å². The summed E-state index contributed by atoms with van der Waals surface area (Å²) in [4.78, 5) is 0. The van der Waals surface area contributed by atoms with Gasteiger partial charge >= 0.3 is 0 Å². The van der Waals surface area contributed by atoms with Gasteiger partial charge in [0.2, 0.25) is 10.0 Å². The van der Waals surface area contributed by atoms with Crippen LogP contribution in [0.4, 0.5) is 0 Å². The molecule has 0 bridgehead atoms. The van der Waals surface area contributed by atoms with Gasteiger partial charge in [-0.1, -0.05) is 6.92 Å². The molecule has 0 unspecified atom stereocenters. The first-order valence-electron chi connectivity index (χ1n) is 6.34. The maximum atomic E-state index is 11.6. The minimum absolute atomic E-state index is 0.191. The summed E-state index contributed by atoms with van der Waals surface area (Å²) >= 11 is 0. The van der Waals surface area contributed by atoms with Crippen molar-refractivity contribution in [2.24, 2.45) is 0 Å². The van der Waals surface area contributed by atoms with Crippen molar-refractivity contribution in [1.82, 2.24) is 10.0 Å². The summed E-state index contributed by atoms with van der Waals surface area (Å²) in [6.45, 7) is 4.22. The van der Waals surface area contributed by atoms with E-state index in [-0.39, 0.29) is 5.75 Å². The normalized spacial score (nSPS) is 11.8. The molecule has 2 N–H and O–H groups in total. The van der Waals surface area contributed by atoms with E-state index in [9.17, 15) is 8.42 Å². The maximum absolute atomic E-state index is 11.6. The third kappa shape index (κ3) is 6.78. The van der Waals surface area contributed by atoms with Crippen molar-refractivity contribution in [1.29, 1.82) is 0 Å². The van der Waals surface area contributed by atoms with Crippen LogP contribution in [-0.4, -0.2) is 33.8 Å². The van der Waals surface area contributed by atoms with Crippen LogP contribution in [0.3, 0.4) is 0 Å². The monoisotopic (exact) mass is 274 g/mol. The van der Waals surface area contributed by atoms with Gasteiger partial charge in [-0.25, -0.2) is 13.1 Å². The molecule has 0 aliphatic heterocycles. The number of hydrogen-bond acceptors (Lipinski definition) is 4. The summed E-state index contributed by atoms with van der Waals surface area (Å²) in [6, 6.07) is 3.63. The Hall–Kier alpha value is -0.850. The molecule has 1 aromatic rings. The van der Waals surface area contributed by atoms with Gasteiger partial charge in [0.25, 0.3) is 0 Å². The third-order valence-corrected chi connectivity index (χ3v) is 4.01. The molecule has 0 aliphatic rings. The standard InChI is InChI=1S/C12H22N2O3S/c1-2-13-8-3-4-11-18(15,16)14-9-7-12-6-5-10-17-12/h5-6,10,13-14H,2-4,7-9,11H2,1H3. The second-order valence-electron chi connectivity index (χ2n) is 4.10. The molecule has 1 heterocycles. The van der Waals surface area contributed by atoms with Gasteiger partial charge in [-0.2, -0.15) is 0 Å². The number of sulfonamides is 1. The Morgan fingerprint density at radius 3 is 2.78 bits per heavy atom. The average Bonchev–Trinajstić information content (AvgIpc) is 2.81. The van der Waals surface area contributed by atoms with Crippen molar-refractivity contribution in [3.8, 4) is 0 Å². The maximum Gasteiger partial charge on any atom is 0.211 e. The highest BCUT2D eigenvalue weighted by Crippen LogP contribution is 2.00. The minimum atomic E-state index is -3.14. The molecular formula is C12H22N2O3S. The van der Waals surface area contributed by atoms with E-state index in [0.29, 0.717) is 19.4 Å². The first-order chi connectivity index (χ1) is 8.64. The summed E-state index contributed by atoms with van der Waals surface area (Å²) in [5, 5.41) is 3.17. The smallest absolute Gasteiger partial charge is 0.211 e. The highest BCUT2D eigenvalue weighted by Gasteiger charge is 2.09. The fourth-order valence-corrected chi connectivity index (χ4v) is 2.72. The molecule has 0 aromatic carbocycles. The Kier molecular flexibility index (Phi) is 7.00. The Morgan fingerprint density at radius 1 is 1.28 bits per heavy atom. The second kappa shape index (κ2) is 8.29. The van der Waals surface area contributed by atoms with Crippen LogP contribution >= 0.6 is 0 Å². The summed E-state index contributed by atoms with van der Waals surface area (Å²) in [6.07, 6.45) is 3.74. The molecule has 1 aromatic heterocycles. The van der Waals surface area contributed by atoms with Gasteiger partial charge in [0.1, 0.15) is 5.76 Å². The van der Waals surface area contributed by atoms with Crippen LogP contribution in [0.15, 0.2) is 22.8 Å². The number of nitrogens with one attached hydrogen (secondary N) is 2. The number of hydrogen-bond donors (Lipinski definition) is 2. The van der Waals surface area contributed by atoms with E-state index >= 15 is 0 Å². The molecule has 5 nitrogen and oxygen atoms in total. The number of rotatable bonds is 10. The van der Waals surface area contributed by atoms with Gasteiger partial charge in [-0.3, -0.25) is 0 Å². The SMILES string of the molecule is CCNCCCCS(=O)(=O)NCCc1ccco1. The van der Waals surface area contributed by atoms with Crippen LogP contribution in [0.1, 0.15) is 25.5 Å². The molecule has 0 radical (unpaired) electrons. The molecule has 0 spiro atoms. The van der Waals surface area contributed by atoms with Crippen molar-refractivity contribution in [2.75, 3.05) is 25.4 Å². The van der Waals surface area contributed by atoms with Gasteiger partial charge in [0, 0.05) is 13.0 Å². The van der Waals surface area contributed by atoms with E-state index < -0.39 is 10.0 Å². The third-order valence-electron chi connectivity index (χ3n) is 2.54. The largest absolute Gasteiger partial charge is 0.469 e. The van der Waals surface area contributed by atoms with Gasteiger partial charge < -0.3 is 9.73 Å². The van der Waals surface area contributed by atoms with E-state index in [2.05, 4.69) is 10.0 Å².